The Morgan fingerprint density at radius 2 is 1.58 bits per heavy atom. The molecule has 3 aromatic carbocycles. The standard InChI is InChI=1S/C23H20F2N2O4/c1-14-3-5-17(25)12-19(14)27-23(29)15-4-10-20(21(11-15)30-2)31-13-22(28)26-18-8-6-16(24)7-9-18/h3-12H,13H2,1-2H3,(H,26,28)(H,27,29). The maximum Gasteiger partial charge on any atom is 0.262 e. The summed E-state index contributed by atoms with van der Waals surface area (Å²) in [4.78, 5) is 24.6. The van der Waals surface area contributed by atoms with Gasteiger partial charge in [-0.1, -0.05) is 6.07 Å². The van der Waals surface area contributed by atoms with Crippen LogP contribution >= 0.6 is 0 Å². The van der Waals surface area contributed by atoms with Gasteiger partial charge in [0.2, 0.25) is 0 Å². The Morgan fingerprint density at radius 3 is 2.29 bits per heavy atom. The zero-order chi connectivity index (χ0) is 22.4. The number of methoxy groups -OCH3 is 1. The van der Waals surface area contributed by atoms with Crippen molar-refractivity contribution in [1.29, 1.82) is 0 Å². The van der Waals surface area contributed by atoms with Crippen LogP contribution in [0.2, 0.25) is 0 Å². The summed E-state index contributed by atoms with van der Waals surface area (Å²) in [7, 11) is 1.40. The highest BCUT2D eigenvalue weighted by atomic mass is 19.1. The average molecular weight is 426 g/mol. The fourth-order valence-corrected chi connectivity index (χ4v) is 2.73. The molecule has 0 unspecified atom stereocenters. The van der Waals surface area contributed by atoms with Crippen LogP contribution in [-0.4, -0.2) is 25.5 Å². The van der Waals surface area contributed by atoms with Gasteiger partial charge in [-0.25, -0.2) is 8.78 Å². The van der Waals surface area contributed by atoms with Crippen molar-refractivity contribution in [2.75, 3.05) is 24.4 Å². The molecule has 2 N–H and O–H groups in total. The molecule has 3 rings (SSSR count). The zero-order valence-electron chi connectivity index (χ0n) is 16.9. The molecule has 8 heteroatoms. The largest absolute Gasteiger partial charge is 0.493 e. The minimum atomic E-state index is -0.457. The van der Waals surface area contributed by atoms with Crippen molar-refractivity contribution < 1.29 is 27.8 Å². The lowest BCUT2D eigenvalue weighted by atomic mass is 10.1. The lowest BCUT2D eigenvalue weighted by Crippen LogP contribution is -2.20. The Kier molecular flexibility index (Phi) is 6.81. The molecule has 3 aromatic rings. The number of carbonyl (C=O) groups is 2. The van der Waals surface area contributed by atoms with Crippen LogP contribution in [0.15, 0.2) is 60.7 Å². The number of ether oxygens (including phenoxy) is 2. The molecular weight excluding hydrogens is 406 g/mol. The lowest BCUT2D eigenvalue weighted by Gasteiger charge is -2.13. The quantitative estimate of drug-likeness (QED) is 0.581. The van der Waals surface area contributed by atoms with Gasteiger partial charge in [-0.3, -0.25) is 9.59 Å². The number of anilines is 2. The van der Waals surface area contributed by atoms with E-state index in [4.69, 9.17) is 9.47 Å². The lowest BCUT2D eigenvalue weighted by molar-refractivity contribution is -0.118. The second kappa shape index (κ2) is 9.71. The Labute approximate surface area is 177 Å². The number of benzene rings is 3. The van der Waals surface area contributed by atoms with Crippen molar-refractivity contribution in [2.24, 2.45) is 0 Å². The number of hydrogen-bond acceptors (Lipinski definition) is 4. The van der Waals surface area contributed by atoms with Gasteiger partial charge in [0.05, 0.1) is 7.11 Å². The molecule has 0 aromatic heterocycles. The Balaban J connectivity index is 1.65. The van der Waals surface area contributed by atoms with Crippen LogP contribution in [0.1, 0.15) is 15.9 Å². The van der Waals surface area contributed by atoms with Crippen LogP contribution in [0.3, 0.4) is 0 Å². The minimum Gasteiger partial charge on any atom is -0.493 e. The average Bonchev–Trinajstić information content (AvgIpc) is 2.76. The summed E-state index contributed by atoms with van der Waals surface area (Å²) in [5.74, 6) is -1.25. The first-order valence-electron chi connectivity index (χ1n) is 9.29. The fraction of sp³-hybridized carbons (Fsp3) is 0.130. The van der Waals surface area contributed by atoms with E-state index in [1.54, 1.807) is 13.0 Å². The molecule has 0 aliphatic rings. The molecule has 0 fully saturated rings. The topological polar surface area (TPSA) is 76.7 Å². The fourth-order valence-electron chi connectivity index (χ4n) is 2.73. The zero-order valence-corrected chi connectivity index (χ0v) is 16.9. The molecular formula is C23H20F2N2O4. The van der Waals surface area contributed by atoms with E-state index in [1.165, 1.54) is 61.7 Å². The van der Waals surface area contributed by atoms with E-state index < -0.39 is 23.4 Å². The van der Waals surface area contributed by atoms with Gasteiger partial charge in [0.25, 0.3) is 11.8 Å². The van der Waals surface area contributed by atoms with Gasteiger partial charge in [-0.2, -0.15) is 0 Å². The van der Waals surface area contributed by atoms with Gasteiger partial charge >= 0.3 is 0 Å². The van der Waals surface area contributed by atoms with Crippen molar-refractivity contribution in [3.8, 4) is 11.5 Å². The van der Waals surface area contributed by atoms with Crippen molar-refractivity contribution in [3.05, 3.63) is 83.4 Å². The third-order valence-electron chi connectivity index (χ3n) is 4.36. The number of aryl methyl sites for hydroxylation is 1. The third-order valence-corrected chi connectivity index (χ3v) is 4.36. The highest BCUT2D eigenvalue weighted by Crippen LogP contribution is 2.29. The Bertz CT molecular complexity index is 1100. The molecule has 0 radical (unpaired) electrons. The third kappa shape index (κ3) is 5.79. The van der Waals surface area contributed by atoms with Crippen LogP contribution in [0.25, 0.3) is 0 Å². The first kappa shape index (κ1) is 21.8. The second-order valence-electron chi connectivity index (χ2n) is 6.62. The summed E-state index contributed by atoms with van der Waals surface area (Å²) >= 11 is 0. The maximum atomic E-state index is 13.4. The number of carbonyl (C=O) groups excluding carboxylic acids is 2. The summed E-state index contributed by atoms with van der Waals surface area (Å²) in [5, 5.41) is 5.23. The molecule has 2 amide bonds. The highest BCUT2D eigenvalue weighted by molar-refractivity contribution is 6.05. The summed E-state index contributed by atoms with van der Waals surface area (Å²) in [6.07, 6.45) is 0. The van der Waals surface area contributed by atoms with Crippen LogP contribution < -0.4 is 20.1 Å². The molecule has 0 atom stereocenters. The summed E-state index contributed by atoms with van der Waals surface area (Å²) in [5.41, 5.74) is 1.78. The second-order valence-corrected chi connectivity index (χ2v) is 6.62. The van der Waals surface area contributed by atoms with Gasteiger partial charge in [-0.05, 0) is 67.1 Å². The molecule has 0 aliphatic heterocycles. The normalized spacial score (nSPS) is 10.3. The van der Waals surface area contributed by atoms with Crippen LogP contribution in [0.5, 0.6) is 11.5 Å². The minimum absolute atomic E-state index is 0.248. The summed E-state index contributed by atoms with van der Waals surface area (Å²) < 4.78 is 37.1. The molecule has 6 nitrogen and oxygen atoms in total. The number of amides is 2. The van der Waals surface area contributed by atoms with Crippen LogP contribution in [0, 0.1) is 18.6 Å². The molecule has 0 saturated carbocycles. The molecule has 0 bridgehead atoms. The molecule has 0 saturated heterocycles. The number of rotatable bonds is 7. The molecule has 160 valence electrons. The molecule has 0 heterocycles. The smallest absolute Gasteiger partial charge is 0.262 e. The van der Waals surface area contributed by atoms with Crippen molar-refractivity contribution in [1.82, 2.24) is 0 Å². The van der Waals surface area contributed by atoms with Gasteiger partial charge in [0.1, 0.15) is 11.6 Å². The molecule has 0 spiro atoms. The Hall–Kier alpha value is -3.94. The number of nitrogens with one attached hydrogen (secondary N) is 2. The van der Waals surface area contributed by atoms with Crippen molar-refractivity contribution >= 4 is 23.2 Å². The van der Waals surface area contributed by atoms with Crippen LogP contribution in [-0.2, 0) is 4.79 Å². The highest BCUT2D eigenvalue weighted by Gasteiger charge is 2.14. The number of hydrogen-bond donors (Lipinski definition) is 2. The molecule has 31 heavy (non-hydrogen) atoms. The predicted octanol–water partition coefficient (Wildman–Crippen LogP) is 4.55. The van der Waals surface area contributed by atoms with E-state index in [0.717, 1.165) is 0 Å². The first-order chi connectivity index (χ1) is 14.9. The van der Waals surface area contributed by atoms with Gasteiger partial charge in [0.15, 0.2) is 18.1 Å². The monoisotopic (exact) mass is 426 g/mol. The maximum absolute atomic E-state index is 13.4. The van der Waals surface area contributed by atoms with E-state index in [0.29, 0.717) is 16.9 Å². The summed E-state index contributed by atoms with van der Waals surface area (Å²) in [6.45, 7) is 1.44. The van der Waals surface area contributed by atoms with Gasteiger partial charge in [0, 0.05) is 16.9 Å². The predicted molar refractivity (Wildman–Crippen MR) is 113 cm³/mol. The summed E-state index contributed by atoms with van der Waals surface area (Å²) in [6, 6.07) is 13.9. The SMILES string of the molecule is COc1cc(C(=O)Nc2cc(F)ccc2C)ccc1OCC(=O)Nc1ccc(F)cc1. The first-order valence-corrected chi connectivity index (χ1v) is 9.29. The number of halogens is 2. The van der Waals surface area contributed by atoms with E-state index in [-0.39, 0.29) is 23.7 Å². The van der Waals surface area contributed by atoms with E-state index >= 15 is 0 Å². The van der Waals surface area contributed by atoms with E-state index in [2.05, 4.69) is 10.6 Å². The molecule has 0 aliphatic carbocycles. The van der Waals surface area contributed by atoms with Crippen molar-refractivity contribution in [2.45, 2.75) is 6.92 Å². The van der Waals surface area contributed by atoms with Crippen LogP contribution in [0.4, 0.5) is 20.2 Å². The Morgan fingerprint density at radius 1 is 0.871 bits per heavy atom. The van der Waals surface area contributed by atoms with Gasteiger partial charge < -0.3 is 20.1 Å². The van der Waals surface area contributed by atoms with E-state index in [9.17, 15) is 18.4 Å². The van der Waals surface area contributed by atoms with Gasteiger partial charge in [-0.15, -0.1) is 0 Å². The van der Waals surface area contributed by atoms with Crippen molar-refractivity contribution in [3.63, 3.8) is 0 Å². The van der Waals surface area contributed by atoms with E-state index in [1.807, 2.05) is 0 Å².